The quantitative estimate of drug-likeness (QED) is 0.885. The number of hydrogen-bond donors (Lipinski definition) is 1. The van der Waals surface area contributed by atoms with Crippen molar-refractivity contribution < 1.29 is 9.47 Å². The predicted molar refractivity (Wildman–Crippen MR) is 83.8 cm³/mol. The monoisotopic (exact) mass is 286 g/mol. The van der Waals surface area contributed by atoms with Gasteiger partial charge in [0.2, 0.25) is 0 Å². The fourth-order valence-electron chi connectivity index (χ4n) is 2.12. The van der Waals surface area contributed by atoms with E-state index in [1.54, 1.807) is 0 Å². The molecule has 2 rings (SSSR count). The van der Waals surface area contributed by atoms with E-state index in [-0.39, 0.29) is 6.04 Å². The zero-order chi connectivity index (χ0) is 15.2. The average Bonchev–Trinajstić information content (AvgIpc) is 2.49. The second kappa shape index (κ2) is 7.09. The smallest absolute Gasteiger partial charge is 0.161 e. The number of nitrogens with zero attached hydrogens (tertiary/aromatic N) is 1. The first-order valence-electron chi connectivity index (χ1n) is 7.23. The largest absolute Gasteiger partial charge is 0.490 e. The normalized spacial score (nSPS) is 12.0. The number of aromatic nitrogens is 1. The van der Waals surface area contributed by atoms with Crippen molar-refractivity contribution in [2.24, 2.45) is 5.73 Å². The second-order valence-corrected chi connectivity index (χ2v) is 4.78. The van der Waals surface area contributed by atoms with E-state index in [0.717, 1.165) is 28.3 Å². The van der Waals surface area contributed by atoms with Crippen molar-refractivity contribution in [3.8, 4) is 11.5 Å². The van der Waals surface area contributed by atoms with Crippen molar-refractivity contribution in [2.75, 3.05) is 13.2 Å². The molecule has 0 saturated heterocycles. The molecule has 0 aliphatic carbocycles. The number of benzene rings is 1. The molecule has 4 nitrogen and oxygen atoms in total. The standard InChI is InChI=1S/C17H22N2O2/c1-4-20-15-9-8-13(10-16(15)21-5-2)17(18)14-7-6-12(3)19-11-14/h6-11,17H,4-5,18H2,1-3H3. The van der Waals surface area contributed by atoms with E-state index in [4.69, 9.17) is 15.2 Å². The molecule has 1 heterocycles. The maximum absolute atomic E-state index is 6.32. The SMILES string of the molecule is CCOc1ccc(C(N)c2ccc(C)nc2)cc1OCC. The molecule has 0 amide bonds. The molecular formula is C17H22N2O2. The van der Waals surface area contributed by atoms with Crippen LogP contribution in [0, 0.1) is 6.92 Å². The number of aryl methyl sites for hydroxylation is 1. The third kappa shape index (κ3) is 3.73. The summed E-state index contributed by atoms with van der Waals surface area (Å²) in [7, 11) is 0. The minimum Gasteiger partial charge on any atom is -0.490 e. The topological polar surface area (TPSA) is 57.4 Å². The molecular weight excluding hydrogens is 264 g/mol. The Morgan fingerprint density at radius 2 is 1.67 bits per heavy atom. The van der Waals surface area contributed by atoms with Gasteiger partial charge in [0, 0.05) is 11.9 Å². The zero-order valence-corrected chi connectivity index (χ0v) is 12.8. The number of ether oxygens (including phenoxy) is 2. The molecule has 21 heavy (non-hydrogen) atoms. The Bertz CT molecular complexity index is 582. The van der Waals surface area contributed by atoms with Gasteiger partial charge in [-0.1, -0.05) is 12.1 Å². The van der Waals surface area contributed by atoms with Gasteiger partial charge in [-0.05, 0) is 50.1 Å². The van der Waals surface area contributed by atoms with Gasteiger partial charge >= 0.3 is 0 Å². The number of hydrogen-bond acceptors (Lipinski definition) is 4. The van der Waals surface area contributed by atoms with Crippen molar-refractivity contribution in [2.45, 2.75) is 26.8 Å². The third-order valence-corrected chi connectivity index (χ3v) is 3.22. The van der Waals surface area contributed by atoms with Crippen molar-refractivity contribution in [3.05, 3.63) is 53.3 Å². The van der Waals surface area contributed by atoms with Crippen LogP contribution in [0.4, 0.5) is 0 Å². The van der Waals surface area contributed by atoms with Gasteiger partial charge in [0.15, 0.2) is 11.5 Å². The molecule has 0 aliphatic rings. The van der Waals surface area contributed by atoms with Gasteiger partial charge in [0.05, 0.1) is 19.3 Å². The van der Waals surface area contributed by atoms with Crippen LogP contribution >= 0.6 is 0 Å². The Balaban J connectivity index is 2.30. The third-order valence-electron chi connectivity index (χ3n) is 3.22. The van der Waals surface area contributed by atoms with Crippen molar-refractivity contribution in [1.29, 1.82) is 0 Å². The molecule has 2 N–H and O–H groups in total. The van der Waals surface area contributed by atoms with Crippen LogP contribution in [0.15, 0.2) is 36.5 Å². The van der Waals surface area contributed by atoms with Gasteiger partial charge in [-0.2, -0.15) is 0 Å². The molecule has 0 fully saturated rings. The lowest BCUT2D eigenvalue weighted by molar-refractivity contribution is 0.287. The second-order valence-electron chi connectivity index (χ2n) is 4.78. The lowest BCUT2D eigenvalue weighted by Crippen LogP contribution is -2.12. The van der Waals surface area contributed by atoms with Crippen LogP contribution in [0.5, 0.6) is 11.5 Å². The summed E-state index contributed by atoms with van der Waals surface area (Å²) < 4.78 is 11.2. The summed E-state index contributed by atoms with van der Waals surface area (Å²) in [6.45, 7) is 7.05. The molecule has 0 radical (unpaired) electrons. The maximum Gasteiger partial charge on any atom is 0.161 e. The highest BCUT2D eigenvalue weighted by Crippen LogP contribution is 2.31. The average molecular weight is 286 g/mol. The summed E-state index contributed by atoms with van der Waals surface area (Å²) in [6, 6.07) is 9.56. The van der Waals surface area contributed by atoms with Gasteiger partial charge < -0.3 is 15.2 Å². The molecule has 1 atom stereocenters. The summed E-state index contributed by atoms with van der Waals surface area (Å²) in [5, 5.41) is 0. The molecule has 0 aliphatic heterocycles. The summed E-state index contributed by atoms with van der Waals surface area (Å²) in [5.74, 6) is 1.48. The first-order valence-corrected chi connectivity index (χ1v) is 7.23. The van der Waals surface area contributed by atoms with Gasteiger partial charge in [-0.3, -0.25) is 4.98 Å². The highest BCUT2D eigenvalue weighted by atomic mass is 16.5. The maximum atomic E-state index is 6.32. The lowest BCUT2D eigenvalue weighted by atomic mass is 10.0. The van der Waals surface area contributed by atoms with Crippen LogP contribution in [0.25, 0.3) is 0 Å². The Kier molecular flexibility index (Phi) is 5.17. The molecule has 112 valence electrons. The van der Waals surface area contributed by atoms with Crippen LogP contribution in [-0.2, 0) is 0 Å². The fourth-order valence-corrected chi connectivity index (χ4v) is 2.12. The van der Waals surface area contributed by atoms with Crippen molar-refractivity contribution in [1.82, 2.24) is 4.98 Å². The predicted octanol–water partition coefficient (Wildman–Crippen LogP) is 3.24. The van der Waals surface area contributed by atoms with Crippen LogP contribution < -0.4 is 15.2 Å². The molecule has 0 bridgehead atoms. The minimum absolute atomic E-state index is 0.229. The van der Waals surface area contributed by atoms with Gasteiger partial charge in [-0.25, -0.2) is 0 Å². The summed E-state index contributed by atoms with van der Waals surface area (Å²) in [5.41, 5.74) is 9.26. The summed E-state index contributed by atoms with van der Waals surface area (Å²) >= 11 is 0. The van der Waals surface area contributed by atoms with Crippen molar-refractivity contribution >= 4 is 0 Å². The van der Waals surface area contributed by atoms with Crippen LogP contribution in [-0.4, -0.2) is 18.2 Å². The van der Waals surface area contributed by atoms with Crippen molar-refractivity contribution in [3.63, 3.8) is 0 Å². The van der Waals surface area contributed by atoms with E-state index in [2.05, 4.69) is 4.98 Å². The van der Waals surface area contributed by atoms with E-state index in [1.165, 1.54) is 0 Å². The Morgan fingerprint density at radius 1 is 1.00 bits per heavy atom. The van der Waals surface area contributed by atoms with Crippen LogP contribution in [0.2, 0.25) is 0 Å². The van der Waals surface area contributed by atoms with Crippen LogP contribution in [0.3, 0.4) is 0 Å². The Hall–Kier alpha value is -2.07. The van der Waals surface area contributed by atoms with E-state index in [9.17, 15) is 0 Å². The summed E-state index contributed by atoms with van der Waals surface area (Å²) in [6.07, 6.45) is 1.82. The molecule has 4 heteroatoms. The Labute approximate surface area is 125 Å². The number of rotatable bonds is 6. The fraction of sp³-hybridized carbons (Fsp3) is 0.353. The number of nitrogens with two attached hydrogens (primary N) is 1. The molecule has 0 spiro atoms. The number of pyridine rings is 1. The van der Waals surface area contributed by atoms with Crippen LogP contribution in [0.1, 0.15) is 36.7 Å². The molecule has 2 aromatic rings. The summed E-state index contributed by atoms with van der Waals surface area (Å²) in [4.78, 5) is 4.30. The van der Waals surface area contributed by atoms with Gasteiger partial charge in [0.1, 0.15) is 0 Å². The van der Waals surface area contributed by atoms with E-state index < -0.39 is 0 Å². The molecule has 1 unspecified atom stereocenters. The van der Waals surface area contributed by atoms with E-state index in [0.29, 0.717) is 13.2 Å². The van der Waals surface area contributed by atoms with Gasteiger partial charge in [0.25, 0.3) is 0 Å². The minimum atomic E-state index is -0.229. The van der Waals surface area contributed by atoms with E-state index in [1.807, 2.05) is 57.3 Å². The lowest BCUT2D eigenvalue weighted by Gasteiger charge is -2.16. The van der Waals surface area contributed by atoms with Gasteiger partial charge in [-0.15, -0.1) is 0 Å². The highest BCUT2D eigenvalue weighted by Gasteiger charge is 2.13. The molecule has 1 aromatic carbocycles. The molecule has 0 saturated carbocycles. The zero-order valence-electron chi connectivity index (χ0n) is 12.8. The first-order chi connectivity index (χ1) is 10.2. The first kappa shape index (κ1) is 15.3. The highest BCUT2D eigenvalue weighted by molar-refractivity contribution is 5.45. The van der Waals surface area contributed by atoms with E-state index >= 15 is 0 Å². The Morgan fingerprint density at radius 3 is 2.29 bits per heavy atom. The molecule has 1 aromatic heterocycles.